The third-order valence-electron chi connectivity index (χ3n) is 3.65. The first-order chi connectivity index (χ1) is 12.2. The van der Waals surface area contributed by atoms with Crippen LogP contribution < -0.4 is 9.62 Å². The Morgan fingerprint density at radius 1 is 1.08 bits per heavy atom. The first-order valence-electron chi connectivity index (χ1n) is 7.77. The fourth-order valence-corrected chi connectivity index (χ4v) is 3.65. The van der Waals surface area contributed by atoms with E-state index in [2.05, 4.69) is 10.1 Å². The molecule has 0 spiro atoms. The van der Waals surface area contributed by atoms with Crippen molar-refractivity contribution in [2.75, 3.05) is 23.0 Å². The van der Waals surface area contributed by atoms with Crippen molar-refractivity contribution >= 4 is 33.3 Å². The molecule has 0 bridgehead atoms. The molecule has 0 heterocycles. The van der Waals surface area contributed by atoms with Crippen molar-refractivity contribution in [2.24, 2.45) is 0 Å². The molecule has 1 amide bonds. The van der Waals surface area contributed by atoms with Crippen molar-refractivity contribution in [2.45, 2.75) is 13.0 Å². The summed E-state index contributed by atoms with van der Waals surface area (Å²) in [5.41, 5.74) is 1.04. The van der Waals surface area contributed by atoms with E-state index in [-0.39, 0.29) is 5.56 Å². The molecule has 7 nitrogen and oxygen atoms in total. The fourth-order valence-electron chi connectivity index (χ4n) is 2.47. The zero-order chi connectivity index (χ0) is 19.3. The van der Waals surface area contributed by atoms with Gasteiger partial charge in [-0.3, -0.25) is 9.10 Å². The number of para-hydroxylation sites is 1. The number of hydrogen-bond donors (Lipinski definition) is 1. The third kappa shape index (κ3) is 4.60. The van der Waals surface area contributed by atoms with Gasteiger partial charge in [-0.05, 0) is 37.3 Å². The van der Waals surface area contributed by atoms with Gasteiger partial charge in [-0.1, -0.05) is 24.3 Å². The standard InChI is InChI=1S/C18H20N2O5S/c1-13(20(26(3,23)24)16-10-5-4-6-11-16)17(21)19-15-9-7-8-14(12-15)18(22)25-2/h4-13H,1-3H3,(H,19,21). The van der Waals surface area contributed by atoms with E-state index in [4.69, 9.17) is 0 Å². The third-order valence-corrected chi connectivity index (χ3v) is 4.89. The summed E-state index contributed by atoms with van der Waals surface area (Å²) in [4.78, 5) is 24.2. The zero-order valence-electron chi connectivity index (χ0n) is 14.7. The van der Waals surface area contributed by atoms with Crippen LogP contribution in [0.3, 0.4) is 0 Å². The van der Waals surface area contributed by atoms with Crippen molar-refractivity contribution in [3.05, 3.63) is 60.2 Å². The van der Waals surface area contributed by atoms with Crippen LogP contribution in [0, 0.1) is 0 Å². The topological polar surface area (TPSA) is 92.8 Å². The molecule has 2 rings (SSSR count). The fraction of sp³-hybridized carbons (Fsp3) is 0.222. The van der Waals surface area contributed by atoms with Crippen LogP contribution in [0.1, 0.15) is 17.3 Å². The Bertz CT molecular complexity index is 897. The van der Waals surface area contributed by atoms with Crippen LogP contribution in [0.25, 0.3) is 0 Å². The van der Waals surface area contributed by atoms with Gasteiger partial charge in [0, 0.05) is 5.69 Å². The molecule has 8 heteroatoms. The van der Waals surface area contributed by atoms with E-state index in [0.717, 1.165) is 10.6 Å². The molecule has 0 aliphatic carbocycles. The van der Waals surface area contributed by atoms with Crippen LogP contribution in [0.5, 0.6) is 0 Å². The summed E-state index contributed by atoms with van der Waals surface area (Å²) in [6.07, 6.45) is 1.04. The SMILES string of the molecule is COC(=O)c1cccc(NC(=O)C(C)N(c2ccccc2)S(C)(=O)=O)c1. The number of sulfonamides is 1. The molecule has 0 saturated carbocycles. The van der Waals surface area contributed by atoms with Crippen LogP contribution >= 0.6 is 0 Å². The predicted molar refractivity (Wildman–Crippen MR) is 99.6 cm³/mol. The van der Waals surface area contributed by atoms with Gasteiger partial charge in [0.2, 0.25) is 15.9 Å². The van der Waals surface area contributed by atoms with E-state index in [1.54, 1.807) is 48.5 Å². The number of carbonyl (C=O) groups is 2. The van der Waals surface area contributed by atoms with Gasteiger partial charge in [0.1, 0.15) is 6.04 Å². The second-order valence-electron chi connectivity index (χ2n) is 5.63. The number of benzene rings is 2. The van der Waals surface area contributed by atoms with E-state index in [1.165, 1.54) is 20.1 Å². The van der Waals surface area contributed by atoms with Crippen molar-refractivity contribution < 1.29 is 22.7 Å². The van der Waals surface area contributed by atoms with Gasteiger partial charge in [-0.25, -0.2) is 13.2 Å². The number of carbonyl (C=O) groups excluding carboxylic acids is 2. The van der Waals surface area contributed by atoms with Crippen LogP contribution in [-0.4, -0.2) is 39.7 Å². The number of hydrogen-bond acceptors (Lipinski definition) is 5. The lowest BCUT2D eigenvalue weighted by molar-refractivity contribution is -0.116. The Hall–Kier alpha value is -2.87. The summed E-state index contributed by atoms with van der Waals surface area (Å²) in [6, 6.07) is 13.6. The minimum atomic E-state index is -3.68. The minimum absolute atomic E-state index is 0.279. The van der Waals surface area contributed by atoms with Gasteiger partial charge in [0.25, 0.3) is 0 Å². The number of ether oxygens (including phenoxy) is 1. The van der Waals surface area contributed by atoms with Crippen LogP contribution in [0.2, 0.25) is 0 Å². The van der Waals surface area contributed by atoms with E-state index in [1.807, 2.05) is 0 Å². The van der Waals surface area contributed by atoms with Gasteiger partial charge in [-0.15, -0.1) is 0 Å². The molecule has 26 heavy (non-hydrogen) atoms. The monoisotopic (exact) mass is 376 g/mol. The highest BCUT2D eigenvalue weighted by atomic mass is 32.2. The largest absolute Gasteiger partial charge is 0.465 e. The normalized spacial score (nSPS) is 12.1. The van der Waals surface area contributed by atoms with Gasteiger partial charge in [-0.2, -0.15) is 0 Å². The number of methoxy groups -OCH3 is 1. The molecule has 2 aromatic carbocycles. The number of esters is 1. The lowest BCUT2D eigenvalue weighted by Crippen LogP contribution is -2.45. The molecule has 0 aliphatic rings. The molecular formula is C18H20N2O5S. The van der Waals surface area contributed by atoms with E-state index >= 15 is 0 Å². The maximum atomic E-state index is 12.6. The van der Waals surface area contributed by atoms with E-state index in [9.17, 15) is 18.0 Å². The summed E-state index contributed by atoms with van der Waals surface area (Å²) < 4.78 is 30.1. The number of amides is 1. The molecule has 0 saturated heterocycles. The Morgan fingerprint density at radius 2 is 1.73 bits per heavy atom. The molecule has 0 aromatic heterocycles. The highest BCUT2D eigenvalue weighted by Crippen LogP contribution is 2.21. The van der Waals surface area contributed by atoms with Gasteiger partial charge in [0.15, 0.2) is 0 Å². The Kier molecular flexibility index (Phi) is 5.99. The Balaban J connectivity index is 2.26. The summed E-state index contributed by atoms with van der Waals surface area (Å²) in [6.45, 7) is 1.49. The summed E-state index contributed by atoms with van der Waals surface area (Å²) in [5.74, 6) is -1.06. The predicted octanol–water partition coefficient (Wildman–Crippen LogP) is 2.27. The summed E-state index contributed by atoms with van der Waals surface area (Å²) in [7, 11) is -2.42. The van der Waals surface area contributed by atoms with Gasteiger partial charge in [0.05, 0.1) is 24.6 Å². The van der Waals surface area contributed by atoms with Crippen molar-refractivity contribution in [1.82, 2.24) is 0 Å². The molecule has 1 atom stereocenters. The van der Waals surface area contributed by atoms with Crippen LogP contribution in [0.15, 0.2) is 54.6 Å². The maximum Gasteiger partial charge on any atom is 0.337 e. The van der Waals surface area contributed by atoms with Crippen molar-refractivity contribution in [3.63, 3.8) is 0 Å². The maximum absolute atomic E-state index is 12.6. The number of nitrogens with zero attached hydrogens (tertiary/aromatic N) is 1. The molecule has 0 fully saturated rings. The molecule has 138 valence electrons. The molecule has 0 aliphatic heterocycles. The highest BCUT2D eigenvalue weighted by molar-refractivity contribution is 7.92. The van der Waals surface area contributed by atoms with Crippen molar-refractivity contribution in [1.29, 1.82) is 0 Å². The number of anilines is 2. The smallest absolute Gasteiger partial charge is 0.337 e. The van der Waals surface area contributed by atoms with Gasteiger partial charge >= 0.3 is 5.97 Å². The highest BCUT2D eigenvalue weighted by Gasteiger charge is 2.29. The minimum Gasteiger partial charge on any atom is -0.465 e. The zero-order valence-corrected chi connectivity index (χ0v) is 15.5. The molecule has 2 aromatic rings. The molecular weight excluding hydrogens is 356 g/mol. The molecule has 1 N–H and O–H groups in total. The average Bonchev–Trinajstić information content (AvgIpc) is 2.61. The Labute approximate surface area is 152 Å². The first kappa shape index (κ1) is 19.5. The Morgan fingerprint density at radius 3 is 2.31 bits per heavy atom. The van der Waals surface area contributed by atoms with Crippen LogP contribution in [-0.2, 0) is 19.6 Å². The second kappa shape index (κ2) is 8.01. The number of nitrogens with one attached hydrogen (secondary N) is 1. The lowest BCUT2D eigenvalue weighted by Gasteiger charge is -2.28. The van der Waals surface area contributed by atoms with Crippen LogP contribution in [0.4, 0.5) is 11.4 Å². The summed E-state index contributed by atoms with van der Waals surface area (Å²) >= 11 is 0. The van der Waals surface area contributed by atoms with E-state index in [0.29, 0.717) is 11.4 Å². The second-order valence-corrected chi connectivity index (χ2v) is 7.49. The molecule has 0 radical (unpaired) electrons. The first-order valence-corrected chi connectivity index (χ1v) is 9.62. The van der Waals surface area contributed by atoms with Crippen molar-refractivity contribution in [3.8, 4) is 0 Å². The van der Waals surface area contributed by atoms with E-state index < -0.39 is 27.9 Å². The average molecular weight is 376 g/mol. The molecule has 1 unspecified atom stereocenters. The quantitative estimate of drug-likeness (QED) is 0.781. The number of rotatable bonds is 6. The van der Waals surface area contributed by atoms with Gasteiger partial charge < -0.3 is 10.1 Å². The summed E-state index contributed by atoms with van der Waals surface area (Å²) in [5, 5.41) is 2.63. The lowest BCUT2D eigenvalue weighted by atomic mass is 10.2.